The molecule has 0 saturated carbocycles. The second kappa shape index (κ2) is 9.18. The van der Waals surface area contributed by atoms with E-state index in [1.807, 2.05) is 6.07 Å². The number of piperazine rings is 1. The van der Waals surface area contributed by atoms with Crippen molar-refractivity contribution in [2.45, 2.75) is 33.6 Å². The molecule has 0 aromatic heterocycles. The van der Waals surface area contributed by atoms with Gasteiger partial charge in [0.2, 0.25) is 0 Å². The number of fused-ring (bicyclic) bond motifs is 2. The summed E-state index contributed by atoms with van der Waals surface area (Å²) in [6.45, 7) is 5.37. The molecule has 0 aliphatic carbocycles. The van der Waals surface area contributed by atoms with E-state index in [9.17, 15) is 4.39 Å². The molecular formula is C22H27FN2OS2. The molecule has 0 spiro atoms. The quantitative estimate of drug-likeness (QED) is 0.731. The topological polar surface area (TPSA) is 26.7 Å². The van der Waals surface area contributed by atoms with Crippen LogP contribution in [0.25, 0.3) is 0 Å². The van der Waals surface area contributed by atoms with Crippen LogP contribution in [0.2, 0.25) is 0 Å². The maximum absolute atomic E-state index is 13.9. The molecular weight excluding hydrogens is 391 g/mol. The van der Waals surface area contributed by atoms with Crippen LogP contribution in [0.1, 0.15) is 23.6 Å². The van der Waals surface area contributed by atoms with Gasteiger partial charge in [-0.3, -0.25) is 4.90 Å². The summed E-state index contributed by atoms with van der Waals surface area (Å²) in [4.78, 5) is 8.61. The first-order valence-corrected chi connectivity index (χ1v) is 11.9. The van der Waals surface area contributed by atoms with Crippen molar-refractivity contribution in [2.24, 2.45) is 0 Å². The fourth-order valence-corrected chi connectivity index (χ4v) is 5.74. The summed E-state index contributed by atoms with van der Waals surface area (Å²) < 4.78 is 13.9. The molecule has 3 nitrogen and oxygen atoms in total. The summed E-state index contributed by atoms with van der Waals surface area (Å²) in [7, 11) is 0. The second-order valence-electron chi connectivity index (χ2n) is 7.43. The first-order valence-electron chi connectivity index (χ1n) is 9.89. The van der Waals surface area contributed by atoms with Crippen molar-refractivity contribution < 1.29 is 9.50 Å². The maximum atomic E-state index is 13.9. The van der Waals surface area contributed by atoms with E-state index in [4.69, 9.17) is 5.11 Å². The number of halogens is 1. The Morgan fingerprint density at radius 3 is 2.68 bits per heavy atom. The van der Waals surface area contributed by atoms with Gasteiger partial charge in [0, 0.05) is 60.1 Å². The van der Waals surface area contributed by atoms with Crippen molar-refractivity contribution in [3.63, 3.8) is 0 Å². The lowest BCUT2D eigenvalue weighted by Gasteiger charge is -2.39. The Morgan fingerprint density at radius 2 is 1.93 bits per heavy atom. The SMILES string of the molecule is CSc1ccc2c(c1)C(N1CCN(CCCO)CC1)Cc1ccc(F)cc1S2. The van der Waals surface area contributed by atoms with E-state index in [1.165, 1.54) is 20.9 Å². The van der Waals surface area contributed by atoms with E-state index in [0.29, 0.717) is 6.04 Å². The van der Waals surface area contributed by atoms with Crippen molar-refractivity contribution in [2.75, 3.05) is 45.6 Å². The molecule has 28 heavy (non-hydrogen) atoms. The van der Waals surface area contributed by atoms with E-state index in [0.717, 1.165) is 50.5 Å². The smallest absolute Gasteiger partial charge is 0.124 e. The van der Waals surface area contributed by atoms with E-state index in [1.54, 1.807) is 35.7 Å². The number of thioether (sulfide) groups is 1. The van der Waals surface area contributed by atoms with Gasteiger partial charge in [-0.2, -0.15) is 0 Å². The molecule has 1 N–H and O–H groups in total. The minimum absolute atomic E-state index is 0.163. The van der Waals surface area contributed by atoms with Gasteiger partial charge < -0.3 is 10.0 Å². The third-order valence-electron chi connectivity index (χ3n) is 5.72. The van der Waals surface area contributed by atoms with Gasteiger partial charge in [0.25, 0.3) is 0 Å². The van der Waals surface area contributed by atoms with Gasteiger partial charge in [0.15, 0.2) is 0 Å². The Morgan fingerprint density at radius 1 is 1.11 bits per heavy atom. The van der Waals surface area contributed by atoms with Crippen LogP contribution in [-0.4, -0.2) is 60.5 Å². The summed E-state index contributed by atoms with van der Waals surface area (Å²) >= 11 is 3.48. The second-order valence-corrected chi connectivity index (χ2v) is 9.40. The fraction of sp³-hybridized carbons (Fsp3) is 0.455. The molecule has 4 rings (SSSR count). The largest absolute Gasteiger partial charge is 0.396 e. The third-order valence-corrected chi connectivity index (χ3v) is 7.64. The molecule has 2 aromatic carbocycles. The van der Waals surface area contributed by atoms with Gasteiger partial charge in [0.1, 0.15) is 5.82 Å². The third kappa shape index (κ3) is 4.41. The van der Waals surface area contributed by atoms with Gasteiger partial charge in [-0.15, -0.1) is 11.8 Å². The molecule has 1 fully saturated rings. The predicted molar refractivity (Wildman–Crippen MR) is 115 cm³/mol. The Balaban J connectivity index is 1.63. The van der Waals surface area contributed by atoms with Crippen molar-refractivity contribution in [1.29, 1.82) is 0 Å². The van der Waals surface area contributed by atoms with Crippen LogP contribution in [0.5, 0.6) is 0 Å². The van der Waals surface area contributed by atoms with Crippen LogP contribution in [0, 0.1) is 5.82 Å². The number of nitrogens with zero attached hydrogens (tertiary/aromatic N) is 2. The van der Waals surface area contributed by atoms with Gasteiger partial charge in [-0.25, -0.2) is 4.39 Å². The highest BCUT2D eigenvalue weighted by atomic mass is 32.2. The van der Waals surface area contributed by atoms with E-state index in [2.05, 4.69) is 34.3 Å². The van der Waals surface area contributed by atoms with Crippen LogP contribution < -0.4 is 0 Å². The number of hydrogen-bond acceptors (Lipinski definition) is 5. The highest BCUT2D eigenvalue weighted by Gasteiger charge is 2.30. The Hall–Kier alpha value is -1.05. The number of benzene rings is 2. The molecule has 2 aromatic rings. The first kappa shape index (κ1) is 20.2. The number of aliphatic hydroxyl groups excluding tert-OH is 1. The lowest BCUT2D eigenvalue weighted by molar-refractivity contribution is 0.0898. The summed E-state index contributed by atoms with van der Waals surface area (Å²) in [6, 6.07) is 12.3. The van der Waals surface area contributed by atoms with Crippen LogP contribution in [0.4, 0.5) is 4.39 Å². The average Bonchev–Trinajstić information content (AvgIpc) is 2.88. The van der Waals surface area contributed by atoms with E-state index in [-0.39, 0.29) is 12.4 Å². The van der Waals surface area contributed by atoms with E-state index < -0.39 is 0 Å². The molecule has 6 heteroatoms. The molecule has 2 aliphatic rings. The van der Waals surface area contributed by atoms with Gasteiger partial charge in [0.05, 0.1) is 0 Å². The zero-order chi connectivity index (χ0) is 19.5. The lowest BCUT2D eigenvalue weighted by Crippen LogP contribution is -2.48. The molecule has 1 atom stereocenters. The number of aliphatic hydroxyl groups is 1. The molecule has 150 valence electrons. The van der Waals surface area contributed by atoms with Crippen molar-refractivity contribution >= 4 is 23.5 Å². The highest BCUT2D eigenvalue weighted by molar-refractivity contribution is 7.99. The van der Waals surface area contributed by atoms with Crippen LogP contribution in [0.3, 0.4) is 0 Å². The Bertz CT molecular complexity index is 824. The highest BCUT2D eigenvalue weighted by Crippen LogP contribution is 2.44. The predicted octanol–water partition coefficient (Wildman–Crippen LogP) is 4.30. The van der Waals surface area contributed by atoms with Gasteiger partial charge >= 0.3 is 0 Å². The molecule has 1 unspecified atom stereocenters. The molecule has 0 bridgehead atoms. The average molecular weight is 419 g/mol. The molecule has 2 aliphatic heterocycles. The fourth-order valence-electron chi connectivity index (χ4n) is 4.15. The number of rotatable bonds is 5. The molecule has 0 radical (unpaired) electrons. The van der Waals surface area contributed by atoms with E-state index >= 15 is 0 Å². The van der Waals surface area contributed by atoms with Crippen LogP contribution in [0.15, 0.2) is 51.1 Å². The zero-order valence-electron chi connectivity index (χ0n) is 16.2. The summed E-state index contributed by atoms with van der Waals surface area (Å²) in [6.07, 6.45) is 3.88. The summed E-state index contributed by atoms with van der Waals surface area (Å²) in [5.41, 5.74) is 2.61. The van der Waals surface area contributed by atoms with Crippen LogP contribution >= 0.6 is 23.5 Å². The Labute approximate surface area is 175 Å². The van der Waals surface area contributed by atoms with Crippen molar-refractivity contribution in [3.05, 3.63) is 53.3 Å². The minimum atomic E-state index is -0.163. The molecule has 1 saturated heterocycles. The normalized spacial score (nSPS) is 20.5. The van der Waals surface area contributed by atoms with Crippen LogP contribution in [-0.2, 0) is 6.42 Å². The first-order chi connectivity index (χ1) is 13.7. The minimum Gasteiger partial charge on any atom is -0.396 e. The molecule has 0 amide bonds. The molecule has 2 heterocycles. The summed E-state index contributed by atoms with van der Waals surface area (Å²) in [5, 5.41) is 9.09. The standard InChI is InChI=1S/C22H27FN2OS2/c1-27-18-5-6-21-19(15-18)20(13-16-3-4-17(23)14-22(16)28-21)25-10-8-24(9-11-25)7-2-12-26/h3-6,14-15,20,26H,2,7-13H2,1H3. The summed E-state index contributed by atoms with van der Waals surface area (Å²) in [5.74, 6) is -0.163. The lowest BCUT2D eigenvalue weighted by atomic mass is 9.96. The van der Waals surface area contributed by atoms with Crippen molar-refractivity contribution in [3.8, 4) is 0 Å². The van der Waals surface area contributed by atoms with Gasteiger partial charge in [-0.05, 0) is 60.6 Å². The van der Waals surface area contributed by atoms with Crippen molar-refractivity contribution in [1.82, 2.24) is 9.80 Å². The van der Waals surface area contributed by atoms with Gasteiger partial charge in [-0.1, -0.05) is 17.8 Å². The zero-order valence-corrected chi connectivity index (χ0v) is 17.9. The maximum Gasteiger partial charge on any atom is 0.124 e. The monoisotopic (exact) mass is 418 g/mol. The Kier molecular flexibility index (Phi) is 6.63. The number of hydrogen-bond donors (Lipinski definition) is 1.